The van der Waals surface area contributed by atoms with E-state index in [-0.39, 0.29) is 41.2 Å². The van der Waals surface area contributed by atoms with Crippen molar-refractivity contribution in [1.29, 1.82) is 0 Å². The molecule has 2 saturated heterocycles. The van der Waals surface area contributed by atoms with Crippen molar-refractivity contribution in [3.05, 3.63) is 63.3 Å². The molecule has 0 aliphatic carbocycles. The van der Waals surface area contributed by atoms with Crippen molar-refractivity contribution in [2.45, 2.75) is 51.8 Å². The van der Waals surface area contributed by atoms with Gasteiger partial charge in [-0.05, 0) is 44.4 Å². The molecular weight excluding hydrogens is 470 g/mol. The Hall–Kier alpha value is -3.44. The van der Waals surface area contributed by atoms with Gasteiger partial charge in [0, 0.05) is 49.5 Å². The van der Waals surface area contributed by atoms with E-state index < -0.39 is 17.7 Å². The normalized spacial score (nSPS) is 20.4. The summed E-state index contributed by atoms with van der Waals surface area (Å²) < 4.78 is 35.5. The number of amides is 1. The second-order valence-corrected chi connectivity index (χ2v) is 9.28. The van der Waals surface area contributed by atoms with Gasteiger partial charge in [-0.15, -0.1) is 0 Å². The third-order valence-corrected chi connectivity index (χ3v) is 6.93. The molecule has 0 unspecified atom stereocenters. The first-order valence-electron chi connectivity index (χ1n) is 12.2. The molecule has 0 bridgehead atoms. The number of hydrazine groups is 1. The molecule has 9 nitrogen and oxygen atoms in total. The fourth-order valence-corrected chi connectivity index (χ4v) is 4.61. The number of nitrogens with zero attached hydrogens (tertiary/aromatic N) is 4. The van der Waals surface area contributed by atoms with Crippen LogP contribution in [0.3, 0.4) is 0 Å². The average Bonchev–Trinajstić information content (AvgIpc) is 3.38. The van der Waals surface area contributed by atoms with Crippen LogP contribution in [0.25, 0.3) is 11.0 Å². The molecule has 0 saturated carbocycles. The summed E-state index contributed by atoms with van der Waals surface area (Å²) in [7, 11) is 0. The Labute approximate surface area is 206 Å². The van der Waals surface area contributed by atoms with Crippen molar-refractivity contribution in [1.82, 2.24) is 30.3 Å². The van der Waals surface area contributed by atoms with Crippen LogP contribution in [0.5, 0.6) is 5.75 Å². The molecule has 1 amide bonds. The highest BCUT2D eigenvalue weighted by molar-refractivity contribution is 5.91. The Balaban J connectivity index is 1.21. The molecule has 2 fully saturated rings. The van der Waals surface area contributed by atoms with E-state index in [2.05, 4.69) is 20.4 Å². The van der Waals surface area contributed by atoms with Gasteiger partial charge in [0.25, 0.3) is 17.4 Å². The molecule has 2 atom stereocenters. The van der Waals surface area contributed by atoms with Crippen molar-refractivity contribution in [2.75, 3.05) is 19.6 Å². The van der Waals surface area contributed by atoms with Crippen LogP contribution in [0.1, 0.15) is 48.3 Å². The number of pyridine rings is 3. The van der Waals surface area contributed by atoms with Gasteiger partial charge >= 0.3 is 0 Å². The van der Waals surface area contributed by atoms with Gasteiger partial charge in [-0.25, -0.2) is 14.4 Å². The van der Waals surface area contributed by atoms with Crippen molar-refractivity contribution in [3.8, 4) is 5.75 Å². The number of aromatic nitrogens is 3. The number of H-pyrrole nitrogens is 1. The lowest BCUT2D eigenvalue weighted by Crippen LogP contribution is -2.60. The zero-order valence-corrected chi connectivity index (χ0v) is 20.2. The number of fused-ring (bicyclic) bond motifs is 1. The van der Waals surface area contributed by atoms with Gasteiger partial charge < -0.3 is 9.72 Å². The van der Waals surface area contributed by atoms with Gasteiger partial charge in [0.2, 0.25) is 0 Å². The van der Waals surface area contributed by atoms with E-state index in [9.17, 15) is 14.0 Å². The Morgan fingerprint density at radius 1 is 1.25 bits per heavy atom. The summed E-state index contributed by atoms with van der Waals surface area (Å²) in [4.78, 5) is 37.1. The summed E-state index contributed by atoms with van der Waals surface area (Å²) in [6.45, 7) is 6.00. The summed E-state index contributed by atoms with van der Waals surface area (Å²) in [5.41, 5.74) is 3.81. The number of halogens is 2. The highest BCUT2D eigenvalue weighted by atomic mass is 19.1. The van der Waals surface area contributed by atoms with Gasteiger partial charge in [0.15, 0.2) is 11.6 Å². The molecule has 3 aromatic heterocycles. The van der Waals surface area contributed by atoms with Crippen LogP contribution in [0.15, 0.2) is 29.2 Å². The zero-order valence-electron chi connectivity index (χ0n) is 20.2. The van der Waals surface area contributed by atoms with Crippen LogP contribution in [0, 0.1) is 11.8 Å². The smallest absolute Gasteiger partial charge is 0.284 e. The quantitative estimate of drug-likeness (QED) is 0.483. The molecule has 5 heterocycles. The SMILES string of the molecule is CCc1cc2ncc(CN3C[C@H](Oc4ccc(C(=O)NN5CCCC5)nc4F)[C@H]3C)c(F)c2[nH]c1=O. The predicted molar refractivity (Wildman–Crippen MR) is 128 cm³/mol. The van der Waals surface area contributed by atoms with Gasteiger partial charge in [-0.2, -0.15) is 4.39 Å². The zero-order chi connectivity index (χ0) is 25.4. The maximum atomic E-state index is 15.1. The lowest BCUT2D eigenvalue weighted by molar-refractivity contribution is -0.0437. The van der Waals surface area contributed by atoms with Crippen LogP contribution in [0.2, 0.25) is 0 Å². The first kappa shape index (κ1) is 24.3. The highest BCUT2D eigenvalue weighted by Gasteiger charge is 2.38. The van der Waals surface area contributed by atoms with Gasteiger partial charge in [0.1, 0.15) is 17.3 Å². The Kier molecular flexibility index (Phi) is 6.67. The Morgan fingerprint density at radius 2 is 2.03 bits per heavy atom. The maximum absolute atomic E-state index is 15.1. The fraction of sp³-hybridized carbons (Fsp3) is 0.440. The number of carbonyl (C=O) groups is 1. The lowest BCUT2D eigenvalue weighted by Gasteiger charge is -2.45. The van der Waals surface area contributed by atoms with E-state index in [1.807, 2.05) is 18.7 Å². The minimum absolute atomic E-state index is 0.0154. The molecule has 2 aliphatic rings. The molecule has 0 radical (unpaired) electrons. The van der Waals surface area contributed by atoms with E-state index in [4.69, 9.17) is 4.74 Å². The number of aromatic amines is 1. The maximum Gasteiger partial charge on any atom is 0.284 e. The van der Waals surface area contributed by atoms with Crippen LogP contribution in [-0.4, -0.2) is 62.5 Å². The summed E-state index contributed by atoms with van der Waals surface area (Å²) in [6, 6.07) is 4.33. The largest absolute Gasteiger partial charge is 0.483 e. The Morgan fingerprint density at radius 3 is 2.72 bits per heavy atom. The lowest BCUT2D eigenvalue weighted by atomic mass is 9.99. The van der Waals surface area contributed by atoms with Crippen LogP contribution >= 0.6 is 0 Å². The Bertz CT molecular complexity index is 1360. The minimum atomic E-state index is -0.852. The summed E-state index contributed by atoms with van der Waals surface area (Å²) in [6.07, 6.45) is 3.71. The van der Waals surface area contributed by atoms with E-state index in [1.165, 1.54) is 18.3 Å². The molecule has 190 valence electrons. The molecule has 36 heavy (non-hydrogen) atoms. The molecule has 3 aromatic rings. The third kappa shape index (κ3) is 4.68. The second kappa shape index (κ2) is 9.90. The van der Waals surface area contributed by atoms with Gasteiger partial charge in [0.05, 0.1) is 5.52 Å². The molecule has 0 aromatic carbocycles. The van der Waals surface area contributed by atoms with E-state index >= 15 is 4.39 Å². The number of hydrogen-bond donors (Lipinski definition) is 2. The number of rotatable bonds is 7. The van der Waals surface area contributed by atoms with Crippen molar-refractivity contribution < 1.29 is 18.3 Å². The molecule has 11 heteroatoms. The number of ether oxygens (including phenoxy) is 1. The van der Waals surface area contributed by atoms with E-state index in [0.29, 0.717) is 29.6 Å². The van der Waals surface area contributed by atoms with Crippen LogP contribution in [0.4, 0.5) is 8.78 Å². The second-order valence-electron chi connectivity index (χ2n) is 9.28. The predicted octanol–water partition coefficient (Wildman–Crippen LogP) is 2.55. The monoisotopic (exact) mass is 498 g/mol. The van der Waals surface area contributed by atoms with Crippen LogP contribution < -0.4 is 15.7 Å². The summed E-state index contributed by atoms with van der Waals surface area (Å²) in [5, 5.41) is 1.80. The first-order chi connectivity index (χ1) is 17.3. The fourth-order valence-electron chi connectivity index (χ4n) is 4.61. The number of aryl methyl sites for hydroxylation is 1. The third-order valence-electron chi connectivity index (χ3n) is 6.93. The molecule has 2 aliphatic heterocycles. The molecule has 0 spiro atoms. The molecular formula is C25H28F2N6O3. The highest BCUT2D eigenvalue weighted by Crippen LogP contribution is 2.28. The van der Waals surface area contributed by atoms with Crippen molar-refractivity contribution in [2.24, 2.45) is 0 Å². The summed E-state index contributed by atoms with van der Waals surface area (Å²) >= 11 is 0. The van der Waals surface area contributed by atoms with Gasteiger partial charge in [-0.3, -0.25) is 24.9 Å². The molecule has 2 N–H and O–H groups in total. The topological polar surface area (TPSA) is 103 Å². The number of likely N-dealkylation sites (tertiary alicyclic amines) is 1. The number of hydrogen-bond acceptors (Lipinski definition) is 7. The number of nitrogens with one attached hydrogen (secondary N) is 2. The van der Waals surface area contributed by atoms with Crippen LogP contribution in [-0.2, 0) is 13.0 Å². The molecule has 5 rings (SSSR count). The minimum Gasteiger partial charge on any atom is -0.483 e. The van der Waals surface area contributed by atoms with E-state index in [0.717, 1.165) is 25.9 Å². The van der Waals surface area contributed by atoms with E-state index in [1.54, 1.807) is 11.1 Å². The first-order valence-corrected chi connectivity index (χ1v) is 12.2. The van der Waals surface area contributed by atoms with Crippen molar-refractivity contribution >= 4 is 16.9 Å². The number of carbonyl (C=O) groups excluding carboxylic acids is 1. The standard InChI is InChI=1S/C25H28F2N6O3/c1-3-15-10-18-22(30-24(15)34)21(26)16(11-28-18)12-32-13-20(14(32)2)36-19-7-6-17(29-23(19)27)25(35)31-33-8-4-5-9-33/h6-7,10-11,14,20H,3-5,8-9,12-13H2,1-2H3,(H,30,34)(H,31,35)/t14-,20+/m1/s1. The van der Waals surface area contributed by atoms with Gasteiger partial charge in [-0.1, -0.05) is 6.92 Å². The summed E-state index contributed by atoms with van der Waals surface area (Å²) in [5.74, 6) is -1.85. The van der Waals surface area contributed by atoms with Crippen molar-refractivity contribution in [3.63, 3.8) is 0 Å². The average molecular weight is 499 g/mol.